The van der Waals surface area contributed by atoms with E-state index in [0.717, 1.165) is 19.3 Å². The molecular weight excluding hydrogens is 345 g/mol. The van der Waals surface area contributed by atoms with Crippen LogP contribution in [0.4, 0.5) is 4.39 Å². The van der Waals surface area contributed by atoms with Gasteiger partial charge in [-0.2, -0.15) is 4.31 Å². The molecule has 2 aliphatic rings. The molecular formula is C18H24FNO4S. The zero-order chi connectivity index (χ0) is 17.9. The molecule has 0 bridgehead atoms. The van der Waals surface area contributed by atoms with Crippen LogP contribution in [0.1, 0.15) is 42.5 Å². The highest BCUT2D eigenvalue weighted by molar-refractivity contribution is 7.89. The van der Waals surface area contributed by atoms with Crippen molar-refractivity contribution >= 4 is 15.8 Å². The third-order valence-electron chi connectivity index (χ3n) is 4.97. The van der Waals surface area contributed by atoms with Crippen LogP contribution < -0.4 is 0 Å². The average molecular weight is 369 g/mol. The number of benzene rings is 1. The smallest absolute Gasteiger partial charge is 0.214 e. The van der Waals surface area contributed by atoms with Crippen LogP contribution in [0.5, 0.6) is 0 Å². The lowest BCUT2D eigenvalue weighted by molar-refractivity contribution is 0.0621. The average Bonchev–Trinajstić information content (AvgIpc) is 3.05. The number of hydrogen-bond acceptors (Lipinski definition) is 4. The van der Waals surface area contributed by atoms with Gasteiger partial charge in [0.25, 0.3) is 0 Å². The maximum absolute atomic E-state index is 13.0. The van der Waals surface area contributed by atoms with Crippen molar-refractivity contribution in [1.82, 2.24) is 4.31 Å². The molecule has 2 saturated heterocycles. The van der Waals surface area contributed by atoms with Gasteiger partial charge in [0.15, 0.2) is 5.78 Å². The third-order valence-corrected chi connectivity index (χ3v) is 7.06. The van der Waals surface area contributed by atoms with Crippen LogP contribution in [0.2, 0.25) is 0 Å². The van der Waals surface area contributed by atoms with Gasteiger partial charge >= 0.3 is 0 Å². The van der Waals surface area contributed by atoms with Crippen LogP contribution >= 0.6 is 0 Å². The van der Waals surface area contributed by atoms with E-state index in [9.17, 15) is 17.6 Å². The van der Waals surface area contributed by atoms with Crippen molar-refractivity contribution in [1.29, 1.82) is 0 Å². The second kappa shape index (κ2) is 7.93. The molecule has 2 heterocycles. The van der Waals surface area contributed by atoms with Crippen molar-refractivity contribution in [3.8, 4) is 0 Å². The van der Waals surface area contributed by atoms with Gasteiger partial charge in [-0.25, -0.2) is 12.8 Å². The molecule has 2 atom stereocenters. The number of ether oxygens (including phenoxy) is 1. The van der Waals surface area contributed by atoms with Crippen LogP contribution in [0.15, 0.2) is 24.3 Å². The van der Waals surface area contributed by atoms with Gasteiger partial charge < -0.3 is 4.74 Å². The fourth-order valence-electron chi connectivity index (χ4n) is 3.68. The summed E-state index contributed by atoms with van der Waals surface area (Å²) >= 11 is 0. The predicted molar refractivity (Wildman–Crippen MR) is 92.4 cm³/mol. The maximum Gasteiger partial charge on any atom is 0.214 e. The first-order valence-corrected chi connectivity index (χ1v) is 10.4. The molecule has 1 aromatic carbocycles. The Morgan fingerprint density at radius 2 is 1.96 bits per heavy atom. The first kappa shape index (κ1) is 18.5. The molecule has 3 rings (SSSR count). The minimum atomic E-state index is -3.40. The molecule has 5 nitrogen and oxygen atoms in total. The van der Waals surface area contributed by atoms with Crippen LogP contribution in [0.3, 0.4) is 0 Å². The van der Waals surface area contributed by atoms with E-state index >= 15 is 0 Å². The molecule has 0 amide bonds. The quantitative estimate of drug-likeness (QED) is 0.723. The van der Waals surface area contributed by atoms with Gasteiger partial charge in [-0.05, 0) is 55.9 Å². The van der Waals surface area contributed by atoms with Gasteiger partial charge in [0.2, 0.25) is 10.0 Å². The zero-order valence-electron chi connectivity index (χ0n) is 14.2. The topological polar surface area (TPSA) is 63.7 Å². The second-order valence-electron chi connectivity index (χ2n) is 6.90. The number of sulfonamides is 1. The first-order chi connectivity index (χ1) is 12.0. The minimum Gasteiger partial charge on any atom is -0.381 e. The summed E-state index contributed by atoms with van der Waals surface area (Å²) < 4.78 is 45.4. The van der Waals surface area contributed by atoms with E-state index in [-0.39, 0.29) is 29.9 Å². The lowest BCUT2D eigenvalue weighted by Crippen LogP contribution is -2.41. The van der Waals surface area contributed by atoms with E-state index in [2.05, 4.69) is 0 Å². The van der Waals surface area contributed by atoms with Crippen molar-refractivity contribution in [3.63, 3.8) is 0 Å². The van der Waals surface area contributed by atoms with E-state index in [4.69, 9.17) is 4.74 Å². The fourth-order valence-corrected chi connectivity index (χ4v) is 5.77. The number of Topliss-reactive ketones (excluding diaryl/α,β-unsaturated/α-hetero) is 1. The lowest BCUT2D eigenvalue weighted by Gasteiger charge is -2.28. The number of rotatable bonds is 6. The summed E-state index contributed by atoms with van der Waals surface area (Å²) in [7, 11) is -3.40. The molecule has 0 N–H and O–H groups in total. The maximum atomic E-state index is 13.0. The number of carbonyl (C=O) groups excluding carboxylic acids is 1. The van der Waals surface area contributed by atoms with Gasteiger partial charge in [-0.15, -0.1) is 0 Å². The van der Waals surface area contributed by atoms with E-state index in [0.29, 0.717) is 31.7 Å². The summed E-state index contributed by atoms with van der Waals surface area (Å²) in [5, 5.41) is 0. The van der Waals surface area contributed by atoms with Crippen molar-refractivity contribution in [2.45, 2.75) is 38.1 Å². The number of carbonyl (C=O) groups is 1. The van der Waals surface area contributed by atoms with Gasteiger partial charge in [0, 0.05) is 31.2 Å². The predicted octanol–water partition coefficient (Wildman–Crippen LogP) is 2.62. The molecule has 0 aromatic heterocycles. The summed E-state index contributed by atoms with van der Waals surface area (Å²) in [5.41, 5.74) is 0.423. The molecule has 1 aromatic rings. The standard InChI is InChI=1S/C18H24FNO4S/c19-16-7-5-15(6-8-16)18(21)11-17-4-1-9-20(17)25(22,23)13-14-3-2-10-24-12-14/h5-8,14,17H,1-4,9-13H2. The molecule has 25 heavy (non-hydrogen) atoms. The van der Waals surface area contributed by atoms with Gasteiger partial charge in [-0.3, -0.25) is 4.79 Å². The lowest BCUT2D eigenvalue weighted by atomic mass is 10.0. The highest BCUT2D eigenvalue weighted by Crippen LogP contribution is 2.27. The van der Waals surface area contributed by atoms with E-state index in [1.165, 1.54) is 28.6 Å². The van der Waals surface area contributed by atoms with E-state index in [1.807, 2.05) is 0 Å². The highest BCUT2D eigenvalue weighted by Gasteiger charge is 2.37. The van der Waals surface area contributed by atoms with Crippen molar-refractivity contribution in [2.75, 3.05) is 25.5 Å². The summed E-state index contributed by atoms with van der Waals surface area (Å²) in [4.78, 5) is 12.4. The first-order valence-electron chi connectivity index (χ1n) is 8.82. The van der Waals surface area contributed by atoms with Crippen LogP contribution in [0.25, 0.3) is 0 Å². The number of hydrogen-bond donors (Lipinski definition) is 0. The molecule has 0 aliphatic carbocycles. The van der Waals surface area contributed by atoms with Gasteiger partial charge in [0.05, 0.1) is 12.4 Å². The van der Waals surface area contributed by atoms with Crippen LogP contribution in [-0.2, 0) is 14.8 Å². The third kappa shape index (κ3) is 4.65. The van der Waals surface area contributed by atoms with Crippen molar-refractivity contribution in [2.24, 2.45) is 5.92 Å². The van der Waals surface area contributed by atoms with E-state index < -0.39 is 15.8 Å². The molecule has 2 fully saturated rings. The number of nitrogens with zero attached hydrogens (tertiary/aromatic N) is 1. The Bertz CT molecular complexity index is 698. The molecule has 2 aliphatic heterocycles. The fraction of sp³-hybridized carbons (Fsp3) is 0.611. The second-order valence-corrected chi connectivity index (χ2v) is 8.87. The molecule has 0 spiro atoms. The highest BCUT2D eigenvalue weighted by atomic mass is 32.2. The summed E-state index contributed by atoms with van der Waals surface area (Å²) in [5.74, 6) is -0.411. The molecule has 0 saturated carbocycles. The van der Waals surface area contributed by atoms with Crippen LogP contribution in [-0.4, -0.2) is 50.1 Å². The summed E-state index contributed by atoms with van der Waals surface area (Å²) in [6, 6.07) is 5.10. The molecule has 2 unspecified atom stereocenters. The van der Waals surface area contributed by atoms with E-state index in [1.54, 1.807) is 0 Å². The monoisotopic (exact) mass is 369 g/mol. The molecule has 0 radical (unpaired) electrons. The molecule has 7 heteroatoms. The van der Waals surface area contributed by atoms with Crippen LogP contribution in [0, 0.1) is 11.7 Å². The Kier molecular flexibility index (Phi) is 5.86. The van der Waals surface area contributed by atoms with Gasteiger partial charge in [-0.1, -0.05) is 0 Å². The summed E-state index contributed by atoms with van der Waals surface area (Å²) in [6.07, 6.45) is 3.36. The number of ketones is 1. The zero-order valence-corrected chi connectivity index (χ0v) is 15.0. The number of halogens is 1. The normalized spacial score (nSPS) is 25.2. The Hall–Kier alpha value is -1.31. The minimum absolute atomic E-state index is 0.0350. The van der Waals surface area contributed by atoms with Crippen molar-refractivity contribution < 1.29 is 22.3 Å². The largest absolute Gasteiger partial charge is 0.381 e. The Morgan fingerprint density at radius 3 is 2.64 bits per heavy atom. The van der Waals surface area contributed by atoms with Gasteiger partial charge in [0.1, 0.15) is 5.82 Å². The molecule has 138 valence electrons. The Balaban J connectivity index is 1.64. The Labute approximate surface area is 148 Å². The Morgan fingerprint density at radius 1 is 1.20 bits per heavy atom. The SMILES string of the molecule is O=C(CC1CCCN1S(=O)(=O)CC1CCCOC1)c1ccc(F)cc1. The summed E-state index contributed by atoms with van der Waals surface area (Å²) in [6.45, 7) is 1.67. The van der Waals surface area contributed by atoms with Crippen molar-refractivity contribution in [3.05, 3.63) is 35.6 Å².